The van der Waals surface area contributed by atoms with E-state index in [2.05, 4.69) is 0 Å². The van der Waals surface area contributed by atoms with E-state index in [0.717, 1.165) is 19.1 Å². The topological polar surface area (TPSA) is 35.2 Å². The summed E-state index contributed by atoms with van der Waals surface area (Å²) in [6.45, 7) is 3.56. The Bertz CT molecular complexity index is 130. The molecule has 0 aromatic carbocycles. The SMILES string of the molecule is CCOCC(N)CC1CCCCCC1. The molecule has 1 fully saturated rings. The van der Waals surface area contributed by atoms with Crippen LogP contribution in [-0.2, 0) is 4.74 Å². The molecule has 1 atom stereocenters. The minimum absolute atomic E-state index is 0.262. The molecular weight excluding hydrogens is 174 g/mol. The molecule has 0 bridgehead atoms. The van der Waals surface area contributed by atoms with Crippen molar-refractivity contribution in [2.24, 2.45) is 11.7 Å². The van der Waals surface area contributed by atoms with Crippen LogP contribution in [-0.4, -0.2) is 19.3 Å². The van der Waals surface area contributed by atoms with Gasteiger partial charge in [0.2, 0.25) is 0 Å². The van der Waals surface area contributed by atoms with E-state index in [-0.39, 0.29) is 6.04 Å². The van der Waals surface area contributed by atoms with E-state index < -0.39 is 0 Å². The first-order valence-electron chi connectivity index (χ1n) is 6.16. The molecule has 1 aliphatic carbocycles. The third-order valence-electron chi connectivity index (χ3n) is 3.15. The number of hydrogen-bond acceptors (Lipinski definition) is 2. The van der Waals surface area contributed by atoms with Crippen LogP contribution in [0.4, 0.5) is 0 Å². The van der Waals surface area contributed by atoms with Crippen LogP contribution in [0.25, 0.3) is 0 Å². The molecule has 2 heteroatoms. The van der Waals surface area contributed by atoms with Crippen LogP contribution in [0.15, 0.2) is 0 Å². The monoisotopic (exact) mass is 199 g/mol. The van der Waals surface area contributed by atoms with Crippen LogP contribution in [0, 0.1) is 5.92 Å². The molecule has 1 rings (SSSR count). The molecule has 0 radical (unpaired) electrons. The fourth-order valence-electron chi connectivity index (χ4n) is 2.37. The summed E-state index contributed by atoms with van der Waals surface area (Å²) in [6, 6.07) is 0.262. The Morgan fingerprint density at radius 1 is 1.21 bits per heavy atom. The maximum Gasteiger partial charge on any atom is 0.0617 e. The standard InChI is InChI=1S/C12H25NO/c1-2-14-10-12(13)9-11-7-5-3-4-6-8-11/h11-12H,2-10,13H2,1H3. The van der Waals surface area contributed by atoms with E-state index in [1.165, 1.54) is 44.9 Å². The van der Waals surface area contributed by atoms with Crippen molar-refractivity contribution in [1.82, 2.24) is 0 Å². The first kappa shape index (κ1) is 12.0. The fraction of sp³-hybridized carbons (Fsp3) is 1.00. The zero-order valence-corrected chi connectivity index (χ0v) is 9.50. The summed E-state index contributed by atoms with van der Waals surface area (Å²) in [5, 5.41) is 0. The van der Waals surface area contributed by atoms with E-state index in [4.69, 9.17) is 10.5 Å². The van der Waals surface area contributed by atoms with E-state index in [1.807, 2.05) is 6.92 Å². The fourth-order valence-corrected chi connectivity index (χ4v) is 2.37. The zero-order chi connectivity index (χ0) is 10.2. The lowest BCUT2D eigenvalue weighted by molar-refractivity contribution is 0.124. The Balaban J connectivity index is 2.13. The molecule has 0 heterocycles. The number of ether oxygens (including phenoxy) is 1. The predicted molar refractivity (Wildman–Crippen MR) is 60.3 cm³/mol. The van der Waals surface area contributed by atoms with Crippen LogP contribution < -0.4 is 5.73 Å². The first-order valence-corrected chi connectivity index (χ1v) is 6.16. The van der Waals surface area contributed by atoms with E-state index in [9.17, 15) is 0 Å². The van der Waals surface area contributed by atoms with E-state index >= 15 is 0 Å². The molecule has 0 aromatic heterocycles. The Morgan fingerprint density at radius 3 is 2.43 bits per heavy atom. The molecule has 84 valence electrons. The quantitative estimate of drug-likeness (QED) is 0.691. The van der Waals surface area contributed by atoms with Crippen molar-refractivity contribution < 1.29 is 4.74 Å². The van der Waals surface area contributed by atoms with Gasteiger partial charge in [-0.3, -0.25) is 0 Å². The Labute approximate surface area is 88.2 Å². The second kappa shape index (κ2) is 7.24. The third-order valence-corrected chi connectivity index (χ3v) is 3.15. The summed E-state index contributed by atoms with van der Waals surface area (Å²) in [5.74, 6) is 0.868. The van der Waals surface area contributed by atoms with Gasteiger partial charge in [0.25, 0.3) is 0 Å². The Morgan fingerprint density at radius 2 is 1.86 bits per heavy atom. The van der Waals surface area contributed by atoms with Crippen LogP contribution >= 0.6 is 0 Å². The van der Waals surface area contributed by atoms with Gasteiger partial charge in [0, 0.05) is 12.6 Å². The van der Waals surface area contributed by atoms with Crippen molar-refractivity contribution in [1.29, 1.82) is 0 Å². The molecule has 0 saturated heterocycles. The Kier molecular flexibility index (Phi) is 6.20. The van der Waals surface area contributed by atoms with E-state index in [1.54, 1.807) is 0 Å². The van der Waals surface area contributed by atoms with Gasteiger partial charge in [0.05, 0.1) is 6.61 Å². The largest absolute Gasteiger partial charge is 0.380 e. The molecular formula is C12H25NO. The average molecular weight is 199 g/mol. The molecule has 0 amide bonds. The lowest BCUT2D eigenvalue weighted by Crippen LogP contribution is -2.29. The highest BCUT2D eigenvalue weighted by molar-refractivity contribution is 4.71. The zero-order valence-electron chi connectivity index (χ0n) is 9.50. The van der Waals surface area contributed by atoms with Gasteiger partial charge in [-0.15, -0.1) is 0 Å². The van der Waals surface area contributed by atoms with Gasteiger partial charge >= 0.3 is 0 Å². The normalized spacial score (nSPS) is 21.9. The molecule has 2 nitrogen and oxygen atoms in total. The summed E-state index contributed by atoms with van der Waals surface area (Å²) < 4.78 is 5.34. The van der Waals surface area contributed by atoms with Gasteiger partial charge < -0.3 is 10.5 Å². The highest BCUT2D eigenvalue weighted by atomic mass is 16.5. The van der Waals surface area contributed by atoms with Gasteiger partial charge in [-0.25, -0.2) is 0 Å². The number of rotatable bonds is 5. The van der Waals surface area contributed by atoms with Crippen molar-refractivity contribution in [3.63, 3.8) is 0 Å². The van der Waals surface area contributed by atoms with Gasteiger partial charge in [-0.2, -0.15) is 0 Å². The van der Waals surface area contributed by atoms with Crippen molar-refractivity contribution in [3.05, 3.63) is 0 Å². The second-order valence-electron chi connectivity index (χ2n) is 4.51. The smallest absolute Gasteiger partial charge is 0.0617 e. The molecule has 2 N–H and O–H groups in total. The summed E-state index contributed by atoms with van der Waals surface area (Å²) >= 11 is 0. The third kappa shape index (κ3) is 4.97. The highest BCUT2D eigenvalue weighted by Gasteiger charge is 2.15. The van der Waals surface area contributed by atoms with E-state index in [0.29, 0.717) is 0 Å². The van der Waals surface area contributed by atoms with Crippen LogP contribution in [0.3, 0.4) is 0 Å². The Hall–Kier alpha value is -0.0800. The number of hydrogen-bond donors (Lipinski definition) is 1. The van der Waals surface area contributed by atoms with Crippen LogP contribution in [0.2, 0.25) is 0 Å². The van der Waals surface area contributed by atoms with Gasteiger partial charge in [0.15, 0.2) is 0 Å². The molecule has 0 spiro atoms. The van der Waals surface area contributed by atoms with Crippen molar-refractivity contribution >= 4 is 0 Å². The molecule has 14 heavy (non-hydrogen) atoms. The molecule has 0 aromatic rings. The van der Waals surface area contributed by atoms with Gasteiger partial charge in [-0.05, 0) is 19.3 Å². The maximum atomic E-state index is 6.02. The predicted octanol–water partition coefficient (Wildman–Crippen LogP) is 2.71. The second-order valence-corrected chi connectivity index (χ2v) is 4.51. The van der Waals surface area contributed by atoms with Crippen molar-refractivity contribution in [3.8, 4) is 0 Å². The highest BCUT2D eigenvalue weighted by Crippen LogP contribution is 2.25. The van der Waals surface area contributed by atoms with Crippen molar-refractivity contribution in [2.45, 2.75) is 57.9 Å². The summed E-state index contributed by atoms with van der Waals surface area (Å²) in [4.78, 5) is 0. The van der Waals surface area contributed by atoms with Crippen molar-refractivity contribution in [2.75, 3.05) is 13.2 Å². The minimum Gasteiger partial charge on any atom is -0.380 e. The average Bonchev–Trinajstić information content (AvgIpc) is 2.43. The molecule has 1 saturated carbocycles. The summed E-state index contributed by atoms with van der Waals surface area (Å²) in [5.41, 5.74) is 6.02. The number of nitrogens with two attached hydrogens (primary N) is 1. The lowest BCUT2D eigenvalue weighted by Gasteiger charge is -2.18. The van der Waals surface area contributed by atoms with Crippen LogP contribution in [0.5, 0.6) is 0 Å². The minimum atomic E-state index is 0.262. The van der Waals surface area contributed by atoms with Gasteiger partial charge in [0.1, 0.15) is 0 Å². The molecule has 1 unspecified atom stereocenters. The summed E-state index contributed by atoms with van der Waals surface area (Å²) in [6.07, 6.45) is 9.62. The molecule has 0 aliphatic heterocycles. The maximum absolute atomic E-state index is 6.02. The van der Waals surface area contributed by atoms with Crippen LogP contribution in [0.1, 0.15) is 51.9 Å². The first-order chi connectivity index (χ1) is 6.83. The van der Waals surface area contributed by atoms with Gasteiger partial charge in [-0.1, -0.05) is 38.5 Å². The molecule has 1 aliphatic rings. The lowest BCUT2D eigenvalue weighted by atomic mass is 9.93. The summed E-state index contributed by atoms with van der Waals surface area (Å²) in [7, 11) is 0.